The van der Waals surface area contributed by atoms with Crippen LogP contribution in [0.4, 0.5) is 0 Å². The molecule has 1 aromatic heterocycles. The molecule has 0 aromatic carbocycles. The minimum atomic E-state index is -3.49. The SMILES string of the molecule is CCOc1cncc(C(=O)C(C)(C)S(C)(=O)=O)c1. The van der Waals surface area contributed by atoms with Gasteiger partial charge >= 0.3 is 0 Å². The largest absolute Gasteiger partial charge is 0.492 e. The third kappa shape index (κ3) is 2.87. The van der Waals surface area contributed by atoms with E-state index in [-0.39, 0.29) is 5.56 Å². The third-order valence-electron chi connectivity index (χ3n) is 2.76. The van der Waals surface area contributed by atoms with Crippen molar-refractivity contribution in [3.05, 3.63) is 24.0 Å². The molecule has 5 nitrogen and oxygen atoms in total. The van der Waals surface area contributed by atoms with Crippen molar-refractivity contribution in [1.29, 1.82) is 0 Å². The molecule has 0 spiro atoms. The topological polar surface area (TPSA) is 73.3 Å². The van der Waals surface area contributed by atoms with E-state index in [9.17, 15) is 13.2 Å². The number of Topliss-reactive ketones (excluding diaryl/α,β-unsaturated/α-hetero) is 1. The summed E-state index contributed by atoms with van der Waals surface area (Å²) in [4.78, 5) is 16.1. The van der Waals surface area contributed by atoms with E-state index in [0.29, 0.717) is 12.4 Å². The van der Waals surface area contributed by atoms with Crippen molar-refractivity contribution in [2.24, 2.45) is 0 Å². The maximum atomic E-state index is 12.2. The molecule has 0 aliphatic rings. The fourth-order valence-corrected chi connectivity index (χ4v) is 1.76. The molecule has 0 atom stereocenters. The van der Waals surface area contributed by atoms with Crippen LogP contribution in [0.1, 0.15) is 31.1 Å². The highest BCUT2D eigenvalue weighted by molar-refractivity contribution is 7.92. The molecule has 100 valence electrons. The second kappa shape index (κ2) is 5.06. The predicted molar refractivity (Wildman–Crippen MR) is 68.7 cm³/mol. The zero-order chi connectivity index (χ0) is 14.0. The summed E-state index contributed by atoms with van der Waals surface area (Å²) in [5.41, 5.74) is 0.233. The Bertz CT molecular complexity index is 549. The molecule has 0 amide bonds. The van der Waals surface area contributed by atoms with Gasteiger partial charge in [-0.1, -0.05) is 0 Å². The summed E-state index contributed by atoms with van der Waals surface area (Å²) in [5.74, 6) is -0.0355. The average molecular weight is 271 g/mol. The molecule has 0 aliphatic carbocycles. The maximum Gasteiger partial charge on any atom is 0.185 e. The molecule has 1 heterocycles. The zero-order valence-electron chi connectivity index (χ0n) is 10.9. The smallest absolute Gasteiger partial charge is 0.185 e. The van der Waals surface area contributed by atoms with Crippen LogP contribution in [0.5, 0.6) is 5.75 Å². The Balaban J connectivity index is 3.15. The van der Waals surface area contributed by atoms with E-state index < -0.39 is 20.4 Å². The Morgan fingerprint density at radius 1 is 1.39 bits per heavy atom. The number of ether oxygens (including phenoxy) is 1. The molecule has 18 heavy (non-hydrogen) atoms. The van der Waals surface area contributed by atoms with E-state index in [1.165, 1.54) is 32.3 Å². The molecule has 0 saturated heterocycles. The monoisotopic (exact) mass is 271 g/mol. The van der Waals surface area contributed by atoms with Crippen LogP contribution in [-0.2, 0) is 9.84 Å². The van der Waals surface area contributed by atoms with Crippen LogP contribution >= 0.6 is 0 Å². The number of aromatic nitrogens is 1. The van der Waals surface area contributed by atoms with E-state index in [2.05, 4.69) is 4.98 Å². The Labute approximate surface area is 107 Å². The van der Waals surface area contributed by atoms with Crippen LogP contribution in [0.15, 0.2) is 18.5 Å². The highest BCUT2D eigenvalue weighted by atomic mass is 32.2. The molecule has 1 rings (SSSR count). The highest BCUT2D eigenvalue weighted by Crippen LogP contribution is 2.23. The maximum absolute atomic E-state index is 12.2. The first-order valence-corrected chi connectivity index (χ1v) is 7.41. The van der Waals surface area contributed by atoms with Crippen LogP contribution in [0.25, 0.3) is 0 Å². The number of carbonyl (C=O) groups is 1. The molecule has 0 unspecified atom stereocenters. The number of sulfone groups is 1. The first kappa shape index (κ1) is 14.6. The Morgan fingerprint density at radius 3 is 2.50 bits per heavy atom. The Morgan fingerprint density at radius 2 is 2.00 bits per heavy atom. The first-order chi connectivity index (χ1) is 8.20. The van der Waals surface area contributed by atoms with Crippen LogP contribution < -0.4 is 4.74 Å². The number of ketones is 1. The van der Waals surface area contributed by atoms with Crippen molar-refractivity contribution in [2.45, 2.75) is 25.5 Å². The van der Waals surface area contributed by atoms with Gasteiger partial charge in [0.1, 0.15) is 10.5 Å². The summed E-state index contributed by atoms with van der Waals surface area (Å²) in [6.45, 7) is 5.04. The number of nitrogens with zero attached hydrogens (tertiary/aromatic N) is 1. The van der Waals surface area contributed by atoms with E-state index in [1.54, 1.807) is 0 Å². The van der Waals surface area contributed by atoms with Gasteiger partial charge in [-0.3, -0.25) is 9.78 Å². The van der Waals surface area contributed by atoms with Crippen LogP contribution in [0.3, 0.4) is 0 Å². The minimum Gasteiger partial charge on any atom is -0.492 e. The number of hydrogen-bond donors (Lipinski definition) is 0. The second-order valence-electron chi connectivity index (χ2n) is 4.45. The van der Waals surface area contributed by atoms with Crippen molar-refractivity contribution >= 4 is 15.6 Å². The standard InChI is InChI=1S/C12H17NO4S/c1-5-17-10-6-9(7-13-8-10)11(14)12(2,3)18(4,15)16/h6-8H,5H2,1-4H3. The summed E-state index contributed by atoms with van der Waals surface area (Å²) in [6, 6.07) is 1.51. The summed E-state index contributed by atoms with van der Waals surface area (Å²) < 4.78 is 27.0. The summed E-state index contributed by atoms with van der Waals surface area (Å²) in [7, 11) is -3.49. The lowest BCUT2D eigenvalue weighted by molar-refractivity contribution is 0.0953. The molecular formula is C12H17NO4S. The lowest BCUT2D eigenvalue weighted by Crippen LogP contribution is -2.40. The number of rotatable bonds is 5. The molecule has 0 fully saturated rings. The van der Waals surface area contributed by atoms with E-state index in [1.807, 2.05) is 6.92 Å². The van der Waals surface area contributed by atoms with E-state index in [0.717, 1.165) is 6.26 Å². The lowest BCUT2D eigenvalue weighted by atomic mass is 10.0. The summed E-state index contributed by atoms with van der Waals surface area (Å²) in [5, 5.41) is 0. The molecule has 0 radical (unpaired) electrons. The van der Waals surface area contributed by atoms with Crippen LogP contribution in [-0.4, -0.2) is 36.8 Å². The molecule has 0 N–H and O–H groups in total. The van der Waals surface area contributed by atoms with Crippen LogP contribution in [0.2, 0.25) is 0 Å². The molecule has 0 aliphatic heterocycles. The van der Waals surface area contributed by atoms with Gasteiger partial charge in [0, 0.05) is 18.0 Å². The minimum absolute atomic E-state index is 0.233. The van der Waals surface area contributed by atoms with Crippen molar-refractivity contribution in [1.82, 2.24) is 4.98 Å². The van der Waals surface area contributed by atoms with Gasteiger partial charge in [-0.15, -0.1) is 0 Å². The van der Waals surface area contributed by atoms with Gasteiger partial charge in [-0.2, -0.15) is 0 Å². The van der Waals surface area contributed by atoms with Crippen molar-refractivity contribution in [3.8, 4) is 5.75 Å². The quantitative estimate of drug-likeness (QED) is 0.758. The molecule has 1 aromatic rings. The van der Waals surface area contributed by atoms with Crippen molar-refractivity contribution in [3.63, 3.8) is 0 Å². The summed E-state index contributed by atoms with van der Waals surface area (Å²) >= 11 is 0. The van der Waals surface area contributed by atoms with Gasteiger partial charge in [0.15, 0.2) is 15.6 Å². The molecule has 6 heteroatoms. The fraction of sp³-hybridized carbons (Fsp3) is 0.500. The number of carbonyl (C=O) groups excluding carboxylic acids is 1. The second-order valence-corrected chi connectivity index (χ2v) is 7.02. The molecule has 0 saturated carbocycles. The van der Waals surface area contributed by atoms with Gasteiger partial charge in [0.05, 0.1) is 12.8 Å². The predicted octanol–water partition coefficient (Wildman–Crippen LogP) is 1.49. The highest BCUT2D eigenvalue weighted by Gasteiger charge is 2.39. The van der Waals surface area contributed by atoms with Gasteiger partial charge in [0.2, 0.25) is 0 Å². The van der Waals surface area contributed by atoms with Gasteiger partial charge in [0.25, 0.3) is 0 Å². The van der Waals surface area contributed by atoms with Crippen molar-refractivity contribution < 1.29 is 17.9 Å². The van der Waals surface area contributed by atoms with Gasteiger partial charge < -0.3 is 4.74 Å². The number of hydrogen-bond acceptors (Lipinski definition) is 5. The average Bonchev–Trinajstić information content (AvgIpc) is 2.27. The van der Waals surface area contributed by atoms with E-state index >= 15 is 0 Å². The Hall–Kier alpha value is -1.43. The zero-order valence-corrected chi connectivity index (χ0v) is 11.7. The summed E-state index contributed by atoms with van der Waals surface area (Å²) in [6.07, 6.45) is 3.87. The molecular weight excluding hydrogens is 254 g/mol. The molecule has 0 bridgehead atoms. The third-order valence-corrected chi connectivity index (χ3v) is 4.80. The van der Waals surface area contributed by atoms with E-state index in [4.69, 9.17) is 4.74 Å². The van der Waals surface area contributed by atoms with Crippen LogP contribution in [0, 0.1) is 0 Å². The van der Waals surface area contributed by atoms with Gasteiger partial charge in [-0.05, 0) is 26.8 Å². The normalized spacial score (nSPS) is 12.2. The Kier molecular flexibility index (Phi) is 4.11. The first-order valence-electron chi connectivity index (χ1n) is 5.52. The lowest BCUT2D eigenvalue weighted by Gasteiger charge is -2.20. The fourth-order valence-electron chi connectivity index (χ4n) is 1.30. The number of pyridine rings is 1. The van der Waals surface area contributed by atoms with Gasteiger partial charge in [-0.25, -0.2) is 8.42 Å². The van der Waals surface area contributed by atoms with Crippen molar-refractivity contribution in [2.75, 3.05) is 12.9 Å².